The highest BCUT2D eigenvalue weighted by Gasteiger charge is 2.30. The van der Waals surface area contributed by atoms with Crippen LogP contribution in [-0.4, -0.2) is 47.0 Å². The number of ketones is 1. The summed E-state index contributed by atoms with van der Waals surface area (Å²) in [5.41, 5.74) is 0.923. The third-order valence-corrected chi connectivity index (χ3v) is 4.28. The van der Waals surface area contributed by atoms with Crippen LogP contribution in [0.25, 0.3) is 11.1 Å². The van der Waals surface area contributed by atoms with Gasteiger partial charge in [0.05, 0.1) is 24.8 Å². The molecule has 0 aliphatic carbocycles. The van der Waals surface area contributed by atoms with Crippen molar-refractivity contribution < 1.29 is 28.6 Å². The summed E-state index contributed by atoms with van der Waals surface area (Å²) in [6, 6.07) is 4.65. The zero-order chi connectivity index (χ0) is 20.8. The molecule has 0 fully saturated rings. The Hall–Kier alpha value is -3.00. The number of aliphatic hydroxyl groups excluding tert-OH is 1. The van der Waals surface area contributed by atoms with Gasteiger partial charge < -0.3 is 20.1 Å². The summed E-state index contributed by atoms with van der Waals surface area (Å²) in [5.74, 6) is -2.95. The molecule has 1 aromatic carbocycles. The second-order valence-corrected chi connectivity index (χ2v) is 6.19. The third kappa shape index (κ3) is 4.45. The van der Waals surface area contributed by atoms with E-state index in [1.165, 1.54) is 24.3 Å². The first-order chi connectivity index (χ1) is 13.3. The number of carbonyl (C=O) groups excluding carboxylic acids is 3. The number of Topliss-reactive ketones (excluding diaryl/α,β-unsaturated/α-hetero) is 1. The minimum absolute atomic E-state index is 0.0996. The molecule has 0 spiro atoms. The maximum absolute atomic E-state index is 13.3. The molecule has 1 heterocycles. The van der Waals surface area contributed by atoms with Crippen LogP contribution in [0.1, 0.15) is 46.8 Å². The second kappa shape index (κ2) is 9.27. The van der Waals surface area contributed by atoms with E-state index in [4.69, 9.17) is 4.74 Å². The number of nitrogens with one attached hydrogen (secondary N) is 2. The van der Waals surface area contributed by atoms with Crippen LogP contribution in [0.15, 0.2) is 24.3 Å². The lowest BCUT2D eigenvalue weighted by atomic mass is 9.98. The molecule has 1 aromatic heterocycles. The number of aliphatic hydroxyl groups is 1. The molecular weight excluding hydrogens is 367 g/mol. The molecule has 0 bridgehead atoms. The molecule has 0 aliphatic heterocycles. The number of benzene rings is 1. The molecule has 0 saturated heterocycles. The smallest absolute Gasteiger partial charge is 0.340 e. The van der Waals surface area contributed by atoms with Gasteiger partial charge >= 0.3 is 5.97 Å². The molecule has 1 atom stereocenters. The number of halogens is 1. The van der Waals surface area contributed by atoms with Crippen LogP contribution in [0.5, 0.6) is 0 Å². The average molecular weight is 390 g/mol. The Bertz CT molecular complexity index is 869. The van der Waals surface area contributed by atoms with Gasteiger partial charge in [0.25, 0.3) is 11.7 Å². The summed E-state index contributed by atoms with van der Waals surface area (Å²) in [6.45, 7) is 4.81. The normalized spacial score (nSPS) is 11.8. The van der Waals surface area contributed by atoms with Crippen LogP contribution in [0, 0.1) is 12.7 Å². The van der Waals surface area contributed by atoms with Gasteiger partial charge in [0.1, 0.15) is 11.5 Å². The van der Waals surface area contributed by atoms with Gasteiger partial charge in [0.2, 0.25) is 0 Å². The maximum Gasteiger partial charge on any atom is 0.340 e. The second-order valence-electron chi connectivity index (χ2n) is 6.19. The van der Waals surface area contributed by atoms with Crippen molar-refractivity contribution in [2.24, 2.45) is 0 Å². The quantitative estimate of drug-likeness (QED) is 0.364. The Balaban J connectivity index is 2.56. The minimum Gasteiger partial charge on any atom is -0.462 e. The molecule has 8 heteroatoms. The van der Waals surface area contributed by atoms with Crippen molar-refractivity contribution in [3.8, 4) is 11.1 Å². The van der Waals surface area contributed by atoms with E-state index in [1.54, 1.807) is 20.8 Å². The molecule has 3 N–H and O–H groups in total. The fourth-order valence-electron chi connectivity index (χ4n) is 2.80. The van der Waals surface area contributed by atoms with Crippen LogP contribution in [0.4, 0.5) is 4.39 Å². The number of hydrogen-bond donors (Lipinski definition) is 3. The predicted molar refractivity (Wildman–Crippen MR) is 101 cm³/mol. The first-order valence-corrected chi connectivity index (χ1v) is 8.95. The van der Waals surface area contributed by atoms with E-state index in [-0.39, 0.29) is 30.0 Å². The van der Waals surface area contributed by atoms with Crippen LogP contribution >= 0.6 is 0 Å². The molecule has 0 unspecified atom stereocenters. The van der Waals surface area contributed by atoms with Crippen LogP contribution in [0.3, 0.4) is 0 Å². The van der Waals surface area contributed by atoms with Crippen molar-refractivity contribution in [2.75, 3.05) is 13.2 Å². The highest BCUT2D eigenvalue weighted by Crippen LogP contribution is 2.31. The number of aryl methyl sites for hydroxylation is 1. The molecule has 7 nitrogen and oxygen atoms in total. The van der Waals surface area contributed by atoms with Crippen LogP contribution in [-0.2, 0) is 9.53 Å². The highest BCUT2D eigenvalue weighted by atomic mass is 19.1. The van der Waals surface area contributed by atoms with Gasteiger partial charge in [0, 0.05) is 11.3 Å². The van der Waals surface area contributed by atoms with Crippen LogP contribution in [0.2, 0.25) is 0 Å². The molecule has 2 rings (SSSR count). The van der Waals surface area contributed by atoms with Crippen LogP contribution < -0.4 is 5.32 Å². The largest absolute Gasteiger partial charge is 0.462 e. The van der Waals surface area contributed by atoms with Gasteiger partial charge in [-0.2, -0.15) is 0 Å². The lowest BCUT2D eigenvalue weighted by molar-refractivity contribution is -0.118. The lowest BCUT2D eigenvalue weighted by Crippen LogP contribution is -2.41. The molecule has 1 amide bonds. The Morgan fingerprint density at radius 2 is 1.86 bits per heavy atom. The average Bonchev–Trinajstić information content (AvgIpc) is 3.03. The summed E-state index contributed by atoms with van der Waals surface area (Å²) in [7, 11) is 0. The number of H-pyrrole nitrogens is 1. The van der Waals surface area contributed by atoms with Crippen molar-refractivity contribution in [2.45, 2.75) is 33.2 Å². The molecular formula is C20H23FN2O5. The van der Waals surface area contributed by atoms with E-state index >= 15 is 0 Å². The Kier molecular flexibility index (Phi) is 7.06. The monoisotopic (exact) mass is 390 g/mol. The van der Waals surface area contributed by atoms with Gasteiger partial charge in [-0.3, -0.25) is 9.59 Å². The number of aromatic nitrogens is 1. The van der Waals surface area contributed by atoms with Gasteiger partial charge in [0.15, 0.2) is 0 Å². The van der Waals surface area contributed by atoms with E-state index in [2.05, 4.69) is 10.3 Å². The van der Waals surface area contributed by atoms with Crippen molar-refractivity contribution in [1.29, 1.82) is 0 Å². The van der Waals surface area contributed by atoms with Crippen molar-refractivity contribution in [1.82, 2.24) is 10.3 Å². The number of amides is 1. The molecule has 0 radical (unpaired) electrons. The van der Waals surface area contributed by atoms with E-state index in [1.807, 2.05) is 0 Å². The highest BCUT2D eigenvalue weighted by molar-refractivity contribution is 6.44. The zero-order valence-electron chi connectivity index (χ0n) is 16.0. The molecule has 28 heavy (non-hydrogen) atoms. The van der Waals surface area contributed by atoms with Crippen molar-refractivity contribution in [3.05, 3.63) is 47.0 Å². The summed E-state index contributed by atoms with van der Waals surface area (Å²) in [5, 5.41) is 11.7. The number of rotatable bonds is 8. The Morgan fingerprint density at radius 1 is 1.21 bits per heavy atom. The summed E-state index contributed by atoms with van der Waals surface area (Å²) < 4.78 is 18.4. The summed E-state index contributed by atoms with van der Waals surface area (Å²) in [6.07, 6.45) is 0.443. The van der Waals surface area contributed by atoms with E-state index in [0.29, 0.717) is 17.7 Å². The first-order valence-electron chi connectivity index (χ1n) is 8.95. The maximum atomic E-state index is 13.3. The number of esters is 1. The van der Waals surface area contributed by atoms with Gasteiger partial charge in [-0.25, -0.2) is 9.18 Å². The third-order valence-electron chi connectivity index (χ3n) is 4.28. The molecule has 0 saturated carbocycles. The van der Waals surface area contributed by atoms with E-state index in [0.717, 1.165) is 0 Å². The van der Waals surface area contributed by atoms with E-state index in [9.17, 15) is 23.9 Å². The number of aromatic amines is 1. The Labute approximate surface area is 161 Å². The van der Waals surface area contributed by atoms with E-state index < -0.39 is 29.5 Å². The molecule has 150 valence electrons. The SMILES string of the molecule is CCOC(=O)c1c(C)[nH]c(C(=O)C(=O)N[C@@H](CC)CO)c1-c1ccc(F)cc1. The number of hydrogen-bond acceptors (Lipinski definition) is 5. The van der Waals surface area contributed by atoms with Crippen molar-refractivity contribution >= 4 is 17.7 Å². The van der Waals surface area contributed by atoms with Gasteiger partial charge in [-0.05, 0) is 38.0 Å². The first kappa shape index (κ1) is 21.3. The Morgan fingerprint density at radius 3 is 2.39 bits per heavy atom. The fourth-order valence-corrected chi connectivity index (χ4v) is 2.80. The van der Waals surface area contributed by atoms with Gasteiger partial charge in [-0.15, -0.1) is 0 Å². The number of carbonyl (C=O) groups is 3. The summed E-state index contributed by atoms with van der Waals surface area (Å²) >= 11 is 0. The zero-order valence-corrected chi connectivity index (χ0v) is 16.0. The number of ether oxygens (including phenoxy) is 1. The van der Waals surface area contributed by atoms with Gasteiger partial charge in [-0.1, -0.05) is 19.1 Å². The fraction of sp³-hybridized carbons (Fsp3) is 0.350. The predicted octanol–water partition coefficient (Wildman–Crippen LogP) is 2.38. The lowest BCUT2D eigenvalue weighted by Gasteiger charge is -2.13. The van der Waals surface area contributed by atoms with Crippen molar-refractivity contribution in [3.63, 3.8) is 0 Å². The standard InChI is InChI=1S/C20H23FN2O5/c1-4-14(10-24)23-19(26)18(25)17-16(12-6-8-13(21)9-7-12)15(11(3)22-17)20(27)28-5-2/h6-9,14,22,24H,4-5,10H2,1-3H3,(H,23,26)/t14-/m0/s1. The minimum atomic E-state index is -0.916. The molecule has 0 aliphatic rings. The topological polar surface area (TPSA) is 108 Å². The molecule has 2 aromatic rings. The summed E-state index contributed by atoms with van der Waals surface area (Å²) in [4.78, 5) is 40.4.